The Balaban J connectivity index is 1.28. The van der Waals surface area contributed by atoms with E-state index in [9.17, 15) is 9.59 Å². The largest absolute Gasteiger partial charge is 0.356 e. The third-order valence-electron chi connectivity index (χ3n) is 8.02. The average molecular weight is 425 g/mol. The Morgan fingerprint density at radius 3 is 1.94 bits per heavy atom. The SMILES string of the molecule is CC(C)c1cccc(C(C)C)c1NC(=O)CCCNC(=O)C12CC3CC(CC(C3)C1)C2. The first-order valence-electron chi connectivity index (χ1n) is 12.5. The van der Waals surface area contributed by atoms with E-state index in [4.69, 9.17) is 0 Å². The first-order chi connectivity index (χ1) is 14.8. The lowest BCUT2D eigenvalue weighted by atomic mass is 9.49. The standard InChI is InChI=1S/C27H40N2O2/c1-17(2)22-7-5-8-23(18(3)4)25(22)29-24(30)9-6-10-28-26(31)27-14-19-11-20(15-27)13-21(12-19)16-27/h5,7-8,17-21H,6,9-16H2,1-4H3,(H,28,31)(H,29,30). The minimum Gasteiger partial charge on any atom is -0.356 e. The number of nitrogens with one attached hydrogen (secondary N) is 2. The van der Waals surface area contributed by atoms with E-state index in [1.54, 1.807) is 0 Å². The summed E-state index contributed by atoms with van der Waals surface area (Å²) in [4.78, 5) is 25.8. The van der Waals surface area contributed by atoms with Gasteiger partial charge >= 0.3 is 0 Å². The fraction of sp³-hybridized carbons (Fsp3) is 0.704. The molecule has 4 aliphatic rings. The van der Waals surface area contributed by atoms with Crippen LogP contribution in [0.2, 0.25) is 0 Å². The van der Waals surface area contributed by atoms with Crippen molar-refractivity contribution in [3.8, 4) is 0 Å². The van der Waals surface area contributed by atoms with E-state index >= 15 is 0 Å². The van der Waals surface area contributed by atoms with E-state index in [0.717, 1.165) is 42.7 Å². The second-order valence-electron chi connectivity index (χ2n) is 11.2. The molecule has 2 amide bonds. The van der Waals surface area contributed by atoms with Crippen molar-refractivity contribution < 1.29 is 9.59 Å². The second-order valence-corrected chi connectivity index (χ2v) is 11.2. The molecule has 4 nitrogen and oxygen atoms in total. The summed E-state index contributed by atoms with van der Waals surface area (Å²) >= 11 is 0. The Bertz CT molecular complexity index is 765. The quantitative estimate of drug-likeness (QED) is 0.504. The van der Waals surface area contributed by atoms with Crippen LogP contribution >= 0.6 is 0 Å². The van der Waals surface area contributed by atoms with E-state index < -0.39 is 0 Å². The molecule has 4 fully saturated rings. The Hall–Kier alpha value is -1.84. The Labute approximate surface area is 188 Å². The third-order valence-corrected chi connectivity index (χ3v) is 8.02. The van der Waals surface area contributed by atoms with Gasteiger partial charge in [-0.2, -0.15) is 0 Å². The minimum atomic E-state index is -0.0978. The smallest absolute Gasteiger partial charge is 0.226 e. The molecule has 5 rings (SSSR count). The molecule has 0 spiro atoms. The van der Waals surface area contributed by atoms with Gasteiger partial charge in [0.05, 0.1) is 0 Å². The monoisotopic (exact) mass is 424 g/mol. The summed E-state index contributed by atoms with van der Waals surface area (Å²) in [6.45, 7) is 9.24. The van der Waals surface area contributed by atoms with Crippen LogP contribution in [0.15, 0.2) is 18.2 Å². The first kappa shape index (κ1) is 22.4. The van der Waals surface area contributed by atoms with Gasteiger partial charge in [-0.3, -0.25) is 9.59 Å². The molecule has 0 radical (unpaired) electrons. The number of rotatable bonds is 8. The third kappa shape index (κ3) is 4.68. The normalized spacial score (nSPS) is 28.9. The van der Waals surface area contributed by atoms with Crippen molar-refractivity contribution in [3.63, 3.8) is 0 Å². The predicted octanol–water partition coefficient (Wildman–Crippen LogP) is 5.98. The number of hydrogen-bond acceptors (Lipinski definition) is 2. The van der Waals surface area contributed by atoms with Crippen LogP contribution in [-0.4, -0.2) is 18.4 Å². The highest BCUT2D eigenvalue weighted by atomic mass is 16.2. The maximum atomic E-state index is 13.1. The van der Waals surface area contributed by atoms with Gasteiger partial charge in [0.1, 0.15) is 0 Å². The molecule has 4 bridgehead atoms. The number of amides is 2. The minimum absolute atomic E-state index is 0.0408. The molecule has 1 aromatic rings. The van der Waals surface area contributed by atoms with Gasteiger partial charge < -0.3 is 10.6 Å². The van der Waals surface area contributed by atoms with Crippen LogP contribution in [0, 0.1) is 23.2 Å². The van der Waals surface area contributed by atoms with Crippen LogP contribution in [0.5, 0.6) is 0 Å². The molecule has 0 saturated heterocycles. The summed E-state index contributed by atoms with van der Waals surface area (Å²) in [5, 5.41) is 6.39. The lowest BCUT2D eigenvalue weighted by Gasteiger charge is -2.55. The Kier molecular flexibility index (Phi) is 6.46. The highest BCUT2D eigenvalue weighted by Crippen LogP contribution is 2.60. The van der Waals surface area contributed by atoms with E-state index in [2.05, 4.69) is 56.5 Å². The highest BCUT2D eigenvalue weighted by Gasteiger charge is 2.54. The molecular formula is C27H40N2O2. The highest BCUT2D eigenvalue weighted by molar-refractivity contribution is 5.92. The Morgan fingerprint density at radius 2 is 1.45 bits per heavy atom. The molecule has 31 heavy (non-hydrogen) atoms. The number of carbonyl (C=O) groups excluding carboxylic acids is 2. The van der Waals surface area contributed by atoms with Crippen molar-refractivity contribution in [3.05, 3.63) is 29.3 Å². The molecule has 1 aromatic carbocycles. The van der Waals surface area contributed by atoms with Crippen molar-refractivity contribution in [2.45, 2.75) is 90.9 Å². The van der Waals surface area contributed by atoms with Gasteiger partial charge in [-0.15, -0.1) is 0 Å². The number of anilines is 1. The zero-order chi connectivity index (χ0) is 22.2. The molecule has 0 unspecified atom stereocenters. The van der Waals surface area contributed by atoms with Gasteiger partial charge in [-0.25, -0.2) is 0 Å². The molecular weight excluding hydrogens is 384 g/mol. The number of benzene rings is 1. The van der Waals surface area contributed by atoms with Crippen molar-refractivity contribution in [2.75, 3.05) is 11.9 Å². The van der Waals surface area contributed by atoms with Gasteiger partial charge in [0.25, 0.3) is 0 Å². The lowest BCUT2D eigenvalue weighted by molar-refractivity contribution is -0.146. The zero-order valence-corrected chi connectivity index (χ0v) is 19.8. The Morgan fingerprint density at radius 1 is 0.935 bits per heavy atom. The average Bonchev–Trinajstić information content (AvgIpc) is 2.69. The van der Waals surface area contributed by atoms with Crippen LogP contribution in [0.4, 0.5) is 5.69 Å². The van der Waals surface area contributed by atoms with Crippen LogP contribution < -0.4 is 10.6 Å². The van der Waals surface area contributed by atoms with Gasteiger partial charge in [-0.1, -0.05) is 45.9 Å². The van der Waals surface area contributed by atoms with Crippen molar-refractivity contribution in [1.82, 2.24) is 5.32 Å². The van der Waals surface area contributed by atoms with Gasteiger partial charge in [-0.05, 0) is 85.7 Å². The van der Waals surface area contributed by atoms with E-state index in [1.165, 1.54) is 30.4 Å². The molecule has 0 atom stereocenters. The lowest BCUT2D eigenvalue weighted by Crippen LogP contribution is -2.53. The molecule has 4 heteroatoms. The maximum absolute atomic E-state index is 13.1. The zero-order valence-electron chi connectivity index (χ0n) is 19.8. The van der Waals surface area contributed by atoms with Gasteiger partial charge in [0.15, 0.2) is 0 Å². The number of hydrogen-bond donors (Lipinski definition) is 2. The molecule has 4 aliphatic carbocycles. The summed E-state index contributed by atoms with van der Waals surface area (Å²) in [7, 11) is 0. The van der Waals surface area contributed by atoms with Crippen LogP contribution in [0.1, 0.15) is 102 Å². The fourth-order valence-electron chi connectivity index (χ4n) is 6.92. The predicted molar refractivity (Wildman–Crippen MR) is 126 cm³/mol. The van der Waals surface area contributed by atoms with E-state index in [1.807, 2.05) is 0 Å². The van der Waals surface area contributed by atoms with Crippen LogP contribution in [0.3, 0.4) is 0 Å². The topological polar surface area (TPSA) is 58.2 Å². The summed E-state index contributed by atoms with van der Waals surface area (Å²) in [6, 6.07) is 6.30. The molecule has 4 saturated carbocycles. The maximum Gasteiger partial charge on any atom is 0.226 e. The molecule has 0 aromatic heterocycles. The number of carbonyl (C=O) groups is 2. The van der Waals surface area contributed by atoms with Crippen LogP contribution in [-0.2, 0) is 9.59 Å². The molecule has 170 valence electrons. The summed E-state index contributed by atoms with van der Waals surface area (Å²) < 4.78 is 0. The second kappa shape index (κ2) is 8.96. The van der Waals surface area contributed by atoms with Crippen molar-refractivity contribution in [2.24, 2.45) is 23.2 Å². The summed E-state index contributed by atoms with van der Waals surface area (Å²) in [5.41, 5.74) is 3.26. The fourth-order valence-corrected chi connectivity index (χ4v) is 6.92. The van der Waals surface area contributed by atoms with Gasteiger partial charge in [0, 0.05) is 24.1 Å². The van der Waals surface area contributed by atoms with Crippen molar-refractivity contribution >= 4 is 17.5 Å². The molecule has 2 N–H and O–H groups in total. The summed E-state index contributed by atoms with van der Waals surface area (Å²) in [5.74, 6) is 3.34. The van der Waals surface area contributed by atoms with Gasteiger partial charge in [0.2, 0.25) is 11.8 Å². The molecule has 0 aliphatic heterocycles. The van der Waals surface area contributed by atoms with Crippen molar-refractivity contribution in [1.29, 1.82) is 0 Å². The van der Waals surface area contributed by atoms with E-state index in [0.29, 0.717) is 31.2 Å². The molecule has 0 heterocycles. The first-order valence-corrected chi connectivity index (χ1v) is 12.5. The van der Waals surface area contributed by atoms with Crippen LogP contribution in [0.25, 0.3) is 0 Å². The number of para-hydroxylation sites is 1. The summed E-state index contributed by atoms with van der Waals surface area (Å²) in [6.07, 6.45) is 8.45. The van der Waals surface area contributed by atoms with E-state index in [-0.39, 0.29) is 17.2 Å².